The fraction of sp³-hybridized carbons (Fsp3) is 0.0625. The number of ether oxygens (including phenoxy) is 1. The van der Waals surface area contributed by atoms with Crippen LogP contribution in [0.4, 0.5) is 10.1 Å². The van der Waals surface area contributed by atoms with Crippen LogP contribution in [0.15, 0.2) is 51.7 Å². The summed E-state index contributed by atoms with van der Waals surface area (Å²) in [6.45, 7) is 1.82. The molecule has 0 aliphatic carbocycles. The monoisotopic (exact) mass is 285 g/mol. The normalized spacial score (nSPS) is 10.8. The predicted molar refractivity (Wildman–Crippen MR) is 78.1 cm³/mol. The van der Waals surface area contributed by atoms with E-state index in [-0.39, 0.29) is 5.75 Å². The van der Waals surface area contributed by atoms with Crippen molar-refractivity contribution in [3.63, 3.8) is 0 Å². The molecule has 21 heavy (non-hydrogen) atoms. The number of rotatable bonds is 2. The van der Waals surface area contributed by atoms with Crippen LogP contribution < -0.4 is 16.1 Å². The molecule has 5 heteroatoms. The first-order chi connectivity index (χ1) is 10.0. The van der Waals surface area contributed by atoms with E-state index in [2.05, 4.69) is 0 Å². The minimum absolute atomic E-state index is 0.0542. The van der Waals surface area contributed by atoms with E-state index >= 15 is 0 Å². The van der Waals surface area contributed by atoms with Crippen LogP contribution in [-0.4, -0.2) is 0 Å². The molecule has 3 aromatic rings. The molecular formula is C16H12FNO3. The smallest absolute Gasteiger partial charge is 0.336 e. The van der Waals surface area contributed by atoms with E-state index in [0.717, 1.165) is 10.9 Å². The number of benzene rings is 2. The average molecular weight is 285 g/mol. The molecule has 0 atom stereocenters. The Labute approximate surface area is 119 Å². The summed E-state index contributed by atoms with van der Waals surface area (Å²) in [7, 11) is 0. The number of hydrogen-bond donors (Lipinski definition) is 1. The zero-order valence-corrected chi connectivity index (χ0v) is 11.2. The molecule has 0 unspecified atom stereocenters. The molecule has 0 saturated heterocycles. The van der Waals surface area contributed by atoms with Gasteiger partial charge in [-0.1, -0.05) is 0 Å². The number of nitrogens with two attached hydrogens (primary N) is 1. The third-order valence-corrected chi connectivity index (χ3v) is 3.11. The van der Waals surface area contributed by atoms with Crippen molar-refractivity contribution in [2.45, 2.75) is 6.92 Å². The number of nitrogen functional groups attached to an aromatic ring is 1. The second-order valence-electron chi connectivity index (χ2n) is 4.70. The first-order valence-corrected chi connectivity index (χ1v) is 6.30. The van der Waals surface area contributed by atoms with Crippen molar-refractivity contribution in [3.05, 3.63) is 64.3 Å². The lowest BCUT2D eigenvalue weighted by molar-refractivity contribution is 0.441. The van der Waals surface area contributed by atoms with Crippen LogP contribution in [0.1, 0.15) is 5.56 Å². The van der Waals surface area contributed by atoms with Crippen molar-refractivity contribution in [3.8, 4) is 11.5 Å². The van der Waals surface area contributed by atoms with Crippen molar-refractivity contribution < 1.29 is 13.5 Å². The highest BCUT2D eigenvalue weighted by molar-refractivity contribution is 5.81. The third kappa shape index (κ3) is 2.58. The van der Waals surface area contributed by atoms with Crippen molar-refractivity contribution in [1.82, 2.24) is 0 Å². The minimum atomic E-state index is -0.555. The summed E-state index contributed by atoms with van der Waals surface area (Å²) in [5.41, 5.74) is 6.58. The quantitative estimate of drug-likeness (QED) is 0.577. The fourth-order valence-electron chi connectivity index (χ4n) is 2.10. The Morgan fingerprint density at radius 3 is 2.71 bits per heavy atom. The second kappa shape index (κ2) is 4.94. The molecule has 0 spiro atoms. The van der Waals surface area contributed by atoms with E-state index in [1.165, 1.54) is 18.2 Å². The highest BCUT2D eigenvalue weighted by atomic mass is 19.1. The first kappa shape index (κ1) is 13.2. The molecule has 0 saturated carbocycles. The number of hydrogen-bond acceptors (Lipinski definition) is 4. The molecule has 1 aromatic heterocycles. The summed E-state index contributed by atoms with van der Waals surface area (Å²) in [6, 6.07) is 10.6. The molecule has 1 heterocycles. The van der Waals surface area contributed by atoms with Gasteiger partial charge in [-0.25, -0.2) is 9.18 Å². The Morgan fingerprint density at radius 1 is 1.14 bits per heavy atom. The van der Waals surface area contributed by atoms with Crippen LogP contribution in [0.2, 0.25) is 0 Å². The van der Waals surface area contributed by atoms with Gasteiger partial charge in [0.1, 0.15) is 11.3 Å². The van der Waals surface area contributed by atoms with Gasteiger partial charge < -0.3 is 14.9 Å². The summed E-state index contributed by atoms with van der Waals surface area (Å²) in [4.78, 5) is 11.4. The van der Waals surface area contributed by atoms with E-state index in [9.17, 15) is 9.18 Å². The van der Waals surface area contributed by atoms with E-state index in [1.807, 2.05) is 6.92 Å². The van der Waals surface area contributed by atoms with Crippen molar-refractivity contribution >= 4 is 16.7 Å². The van der Waals surface area contributed by atoms with Gasteiger partial charge in [-0.3, -0.25) is 0 Å². The molecule has 0 aliphatic heterocycles. The van der Waals surface area contributed by atoms with E-state index in [0.29, 0.717) is 17.0 Å². The standard InChI is InChI=1S/C16H12FNO3/c1-9-6-16(19)21-15-8-11(3-4-12(9)15)20-14-5-2-10(18)7-13(14)17/h2-8H,18H2,1H3. The second-order valence-corrected chi connectivity index (χ2v) is 4.70. The number of halogens is 1. The van der Waals surface area contributed by atoms with Gasteiger partial charge in [-0.05, 0) is 36.8 Å². The molecule has 0 bridgehead atoms. The molecule has 0 fully saturated rings. The average Bonchev–Trinajstić information content (AvgIpc) is 2.41. The first-order valence-electron chi connectivity index (χ1n) is 6.30. The summed E-state index contributed by atoms with van der Waals surface area (Å²) >= 11 is 0. The molecule has 106 valence electrons. The Bertz CT molecular complexity index is 886. The van der Waals surface area contributed by atoms with Gasteiger partial charge in [0.05, 0.1) is 0 Å². The Balaban J connectivity index is 2.03. The largest absolute Gasteiger partial charge is 0.454 e. The van der Waals surface area contributed by atoms with E-state index in [4.69, 9.17) is 14.9 Å². The zero-order chi connectivity index (χ0) is 15.0. The molecule has 3 rings (SSSR count). The van der Waals surface area contributed by atoms with Crippen LogP contribution in [-0.2, 0) is 0 Å². The van der Waals surface area contributed by atoms with E-state index < -0.39 is 11.4 Å². The van der Waals surface area contributed by atoms with Crippen molar-refractivity contribution in [1.29, 1.82) is 0 Å². The highest BCUT2D eigenvalue weighted by Crippen LogP contribution is 2.28. The zero-order valence-electron chi connectivity index (χ0n) is 11.2. The predicted octanol–water partition coefficient (Wildman–Crippen LogP) is 3.62. The lowest BCUT2D eigenvalue weighted by atomic mass is 10.1. The SMILES string of the molecule is Cc1cc(=O)oc2cc(Oc3ccc(N)cc3F)ccc12. The highest BCUT2D eigenvalue weighted by Gasteiger charge is 2.08. The topological polar surface area (TPSA) is 65.5 Å². The van der Waals surface area contributed by atoms with Crippen LogP contribution in [0, 0.1) is 12.7 Å². The Morgan fingerprint density at radius 2 is 1.95 bits per heavy atom. The van der Waals surface area contributed by atoms with Gasteiger partial charge in [0.2, 0.25) is 0 Å². The Kier molecular flexibility index (Phi) is 3.10. The maximum atomic E-state index is 13.7. The number of anilines is 1. The van der Waals surface area contributed by atoms with Gasteiger partial charge in [0.25, 0.3) is 0 Å². The lowest BCUT2D eigenvalue weighted by Gasteiger charge is -2.08. The summed E-state index contributed by atoms with van der Waals surface area (Å²) in [5, 5.41) is 0.805. The van der Waals surface area contributed by atoms with Crippen LogP contribution in [0.5, 0.6) is 11.5 Å². The van der Waals surface area contributed by atoms with Crippen LogP contribution >= 0.6 is 0 Å². The van der Waals surface area contributed by atoms with Gasteiger partial charge in [-0.15, -0.1) is 0 Å². The molecule has 0 aliphatic rings. The van der Waals surface area contributed by atoms with Crippen LogP contribution in [0.3, 0.4) is 0 Å². The van der Waals surface area contributed by atoms with Gasteiger partial charge >= 0.3 is 5.63 Å². The van der Waals surface area contributed by atoms with Gasteiger partial charge in [-0.2, -0.15) is 0 Å². The van der Waals surface area contributed by atoms with Crippen molar-refractivity contribution in [2.24, 2.45) is 0 Å². The maximum absolute atomic E-state index is 13.7. The minimum Gasteiger partial charge on any atom is -0.454 e. The summed E-state index contributed by atoms with van der Waals surface area (Å²) in [6.07, 6.45) is 0. The third-order valence-electron chi connectivity index (χ3n) is 3.11. The molecule has 2 N–H and O–H groups in total. The molecule has 0 radical (unpaired) electrons. The lowest BCUT2D eigenvalue weighted by Crippen LogP contribution is -1.98. The molecule has 2 aromatic carbocycles. The molecule has 0 amide bonds. The Hall–Kier alpha value is -2.82. The van der Waals surface area contributed by atoms with Crippen molar-refractivity contribution in [2.75, 3.05) is 5.73 Å². The fourth-order valence-corrected chi connectivity index (χ4v) is 2.10. The number of fused-ring (bicyclic) bond motifs is 1. The summed E-state index contributed by atoms with van der Waals surface area (Å²) < 4.78 is 24.3. The molecular weight excluding hydrogens is 273 g/mol. The van der Waals surface area contributed by atoms with Gasteiger partial charge in [0, 0.05) is 29.3 Å². The maximum Gasteiger partial charge on any atom is 0.336 e. The molecule has 4 nitrogen and oxygen atoms in total. The van der Waals surface area contributed by atoms with Crippen LogP contribution in [0.25, 0.3) is 11.0 Å². The van der Waals surface area contributed by atoms with E-state index in [1.54, 1.807) is 24.3 Å². The summed E-state index contributed by atoms with van der Waals surface area (Å²) in [5.74, 6) is -0.126. The van der Waals surface area contributed by atoms with Gasteiger partial charge in [0.15, 0.2) is 11.6 Å². The number of aryl methyl sites for hydroxylation is 1.